The minimum atomic E-state index is -0.111. The molecule has 38 heavy (non-hydrogen) atoms. The topological polar surface area (TPSA) is 47.8 Å². The Morgan fingerprint density at radius 1 is 0.658 bits per heavy atom. The molecule has 4 heteroatoms. The highest BCUT2D eigenvalue weighted by Crippen LogP contribution is 2.27. The van der Waals surface area contributed by atoms with Gasteiger partial charge in [0.25, 0.3) is 5.56 Å². The van der Waals surface area contributed by atoms with Gasteiger partial charge in [0.1, 0.15) is 5.82 Å². The summed E-state index contributed by atoms with van der Waals surface area (Å²) in [5.41, 5.74) is 6.62. The molecular weight excluding hydrogens is 466 g/mol. The molecule has 0 amide bonds. The molecular formula is C34H25N3O. The summed E-state index contributed by atoms with van der Waals surface area (Å²) in [5, 5.41) is 1.03. The van der Waals surface area contributed by atoms with Crippen LogP contribution in [-0.2, 0) is 0 Å². The molecule has 4 nitrogen and oxygen atoms in total. The number of para-hydroxylation sites is 2. The Labute approximate surface area is 221 Å². The lowest BCUT2D eigenvalue weighted by Crippen LogP contribution is -2.25. The second-order valence-electron chi connectivity index (χ2n) is 9.09. The smallest absolute Gasteiger partial charge is 0.265 e. The average molecular weight is 492 g/mol. The summed E-state index contributed by atoms with van der Waals surface area (Å²) in [7, 11) is 0. The van der Waals surface area contributed by atoms with Crippen molar-refractivity contribution in [3.05, 3.63) is 149 Å². The van der Waals surface area contributed by atoms with Gasteiger partial charge in [-0.3, -0.25) is 9.36 Å². The number of hydrogen-bond acceptors (Lipinski definition) is 3. The van der Waals surface area contributed by atoms with Crippen LogP contribution in [0.15, 0.2) is 126 Å². The first kappa shape index (κ1) is 23.3. The summed E-state index contributed by atoms with van der Waals surface area (Å²) in [6.07, 6.45) is 3.88. The van der Waals surface area contributed by atoms with E-state index in [1.807, 2.05) is 116 Å². The Kier molecular flexibility index (Phi) is 6.20. The van der Waals surface area contributed by atoms with Crippen molar-refractivity contribution in [2.75, 3.05) is 0 Å². The van der Waals surface area contributed by atoms with E-state index in [0.717, 1.165) is 39.0 Å². The number of aryl methyl sites for hydroxylation is 1. The molecule has 0 bridgehead atoms. The Hall–Kier alpha value is -5.09. The summed E-state index contributed by atoms with van der Waals surface area (Å²) in [6, 6.07) is 39.8. The molecule has 6 rings (SSSR count). The maximum atomic E-state index is 14.0. The van der Waals surface area contributed by atoms with Gasteiger partial charge in [0.05, 0.1) is 28.2 Å². The van der Waals surface area contributed by atoms with Crippen LogP contribution < -0.4 is 5.56 Å². The second-order valence-corrected chi connectivity index (χ2v) is 9.09. The van der Waals surface area contributed by atoms with Gasteiger partial charge in [0.2, 0.25) is 0 Å². The lowest BCUT2D eigenvalue weighted by molar-refractivity contribution is 0.924. The lowest BCUT2D eigenvalue weighted by atomic mass is 10.0. The molecule has 0 aliphatic carbocycles. The fourth-order valence-corrected chi connectivity index (χ4v) is 4.70. The zero-order chi connectivity index (χ0) is 25.9. The Morgan fingerprint density at radius 3 is 1.97 bits per heavy atom. The van der Waals surface area contributed by atoms with Crippen molar-refractivity contribution in [1.29, 1.82) is 0 Å². The van der Waals surface area contributed by atoms with Gasteiger partial charge < -0.3 is 0 Å². The van der Waals surface area contributed by atoms with Gasteiger partial charge in [0, 0.05) is 16.5 Å². The minimum absolute atomic E-state index is 0.111. The van der Waals surface area contributed by atoms with E-state index in [-0.39, 0.29) is 5.56 Å². The number of rotatable bonds is 5. The van der Waals surface area contributed by atoms with Crippen LogP contribution in [0.2, 0.25) is 0 Å². The fourth-order valence-electron chi connectivity index (χ4n) is 4.70. The quantitative estimate of drug-likeness (QED) is 0.250. The first-order chi connectivity index (χ1) is 18.7. The molecule has 0 aliphatic rings. The van der Waals surface area contributed by atoms with E-state index in [1.54, 1.807) is 4.57 Å². The highest BCUT2D eigenvalue weighted by Gasteiger charge is 2.16. The fraction of sp³-hybridized carbons (Fsp3) is 0.0294. The maximum Gasteiger partial charge on any atom is 0.265 e. The van der Waals surface area contributed by atoms with Gasteiger partial charge in [-0.15, -0.1) is 0 Å². The molecule has 2 heterocycles. The highest BCUT2D eigenvalue weighted by atomic mass is 16.1. The van der Waals surface area contributed by atoms with Gasteiger partial charge in [0.15, 0.2) is 0 Å². The van der Waals surface area contributed by atoms with Gasteiger partial charge in [-0.2, -0.15) is 0 Å². The van der Waals surface area contributed by atoms with Crippen LogP contribution in [0, 0.1) is 6.92 Å². The molecule has 0 saturated carbocycles. The average Bonchev–Trinajstić information content (AvgIpc) is 2.98. The summed E-state index contributed by atoms with van der Waals surface area (Å²) in [4.78, 5) is 23.8. The van der Waals surface area contributed by atoms with Crippen LogP contribution in [0.1, 0.15) is 16.8 Å². The van der Waals surface area contributed by atoms with E-state index >= 15 is 0 Å². The molecule has 0 spiro atoms. The zero-order valence-electron chi connectivity index (χ0n) is 21.0. The number of fused-ring (bicyclic) bond motifs is 1. The number of hydrogen-bond donors (Lipinski definition) is 0. The van der Waals surface area contributed by atoms with E-state index < -0.39 is 0 Å². The van der Waals surface area contributed by atoms with Crippen LogP contribution in [0.25, 0.3) is 51.4 Å². The standard InChI is InChI=1S/C34H25N3O/c1-24-29(34(38)37(28-17-9-4-10-18-28)33(35-24)26-15-7-3-8-16-26)22-21-27-23-32(25-13-5-2-6-14-25)36-31-20-12-11-19-30(27)31/h2-23H,1H3/b22-21+. The first-order valence-electron chi connectivity index (χ1n) is 12.6. The van der Waals surface area contributed by atoms with Crippen LogP contribution >= 0.6 is 0 Å². The Bertz CT molecular complexity index is 1820. The third-order valence-corrected chi connectivity index (χ3v) is 6.60. The van der Waals surface area contributed by atoms with E-state index in [9.17, 15) is 4.79 Å². The molecule has 2 aromatic heterocycles. The highest BCUT2D eigenvalue weighted by molar-refractivity contribution is 5.93. The van der Waals surface area contributed by atoms with Crippen LogP contribution in [0.3, 0.4) is 0 Å². The van der Waals surface area contributed by atoms with Crippen molar-refractivity contribution >= 4 is 23.1 Å². The summed E-state index contributed by atoms with van der Waals surface area (Å²) >= 11 is 0. The van der Waals surface area contributed by atoms with Crippen molar-refractivity contribution in [3.63, 3.8) is 0 Å². The molecule has 4 aromatic carbocycles. The molecule has 0 fully saturated rings. The van der Waals surface area contributed by atoms with Crippen molar-refractivity contribution in [1.82, 2.24) is 14.5 Å². The molecule has 0 N–H and O–H groups in total. The summed E-state index contributed by atoms with van der Waals surface area (Å²) in [6.45, 7) is 1.89. The van der Waals surface area contributed by atoms with Gasteiger partial charge in [-0.25, -0.2) is 9.97 Å². The molecule has 0 radical (unpaired) electrons. The van der Waals surface area contributed by atoms with Crippen LogP contribution in [0.4, 0.5) is 0 Å². The van der Waals surface area contributed by atoms with E-state index in [4.69, 9.17) is 9.97 Å². The first-order valence-corrected chi connectivity index (χ1v) is 12.6. The molecule has 0 saturated heterocycles. The monoisotopic (exact) mass is 491 g/mol. The Morgan fingerprint density at radius 2 is 1.26 bits per heavy atom. The lowest BCUT2D eigenvalue weighted by Gasteiger charge is -2.15. The number of nitrogens with zero attached hydrogens (tertiary/aromatic N) is 3. The van der Waals surface area contributed by atoms with Gasteiger partial charge in [-0.05, 0) is 42.8 Å². The normalized spacial score (nSPS) is 11.3. The van der Waals surface area contributed by atoms with Gasteiger partial charge in [-0.1, -0.05) is 103 Å². The zero-order valence-corrected chi connectivity index (χ0v) is 21.0. The summed E-state index contributed by atoms with van der Waals surface area (Å²) < 4.78 is 1.70. The third-order valence-electron chi connectivity index (χ3n) is 6.60. The SMILES string of the molecule is Cc1nc(-c2ccccc2)n(-c2ccccc2)c(=O)c1/C=C/c1cc(-c2ccccc2)nc2ccccc12. The van der Waals surface area contributed by atoms with E-state index in [2.05, 4.69) is 24.3 Å². The second kappa shape index (κ2) is 10.1. The largest absolute Gasteiger partial charge is 0.268 e. The molecule has 0 aliphatic heterocycles. The van der Waals surface area contributed by atoms with Crippen molar-refractivity contribution < 1.29 is 0 Å². The van der Waals surface area contributed by atoms with Crippen LogP contribution in [-0.4, -0.2) is 14.5 Å². The molecule has 0 atom stereocenters. The van der Waals surface area contributed by atoms with Crippen molar-refractivity contribution in [3.8, 4) is 28.3 Å². The van der Waals surface area contributed by atoms with Crippen molar-refractivity contribution in [2.45, 2.75) is 6.92 Å². The van der Waals surface area contributed by atoms with Crippen LogP contribution in [0.5, 0.6) is 0 Å². The van der Waals surface area contributed by atoms with Gasteiger partial charge >= 0.3 is 0 Å². The summed E-state index contributed by atoms with van der Waals surface area (Å²) in [5.74, 6) is 0.622. The molecule has 0 unspecified atom stereocenters. The Balaban J connectivity index is 1.53. The maximum absolute atomic E-state index is 14.0. The molecule has 6 aromatic rings. The number of aromatic nitrogens is 3. The van der Waals surface area contributed by atoms with Crippen molar-refractivity contribution in [2.24, 2.45) is 0 Å². The molecule has 182 valence electrons. The van der Waals surface area contributed by atoms with E-state index in [1.165, 1.54) is 0 Å². The number of benzene rings is 4. The third kappa shape index (κ3) is 4.44. The predicted molar refractivity (Wildman–Crippen MR) is 156 cm³/mol. The number of pyridine rings is 1. The predicted octanol–water partition coefficient (Wildman–Crippen LogP) is 7.59. The minimum Gasteiger partial charge on any atom is -0.268 e. The van der Waals surface area contributed by atoms with E-state index in [0.29, 0.717) is 17.1 Å².